The number of nitrogens with one attached hydrogen (secondary N) is 2. The second-order valence-corrected chi connectivity index (χ2v) is 12.1. The molecule has 0 spiro atoms. The summed E-state index contributed by atoms with van der Waals surface area (Å²) in [6, 6.07) is 10.6. The third-order valence-electron chi connectivity index (χ3n) is 8.48. The zero-order valence-electron chi connectivity index (χ0n) is 27.2. The first-order chi connectivity index (χ1) is 21.7. The average Bonchev–Trinajstić information content (AvgIpc) is 3.89. The van der Waals surface area contributed by atoms with Crippen LogP contribution in [0, 0.1) is 17.7 Å². The van der Waals surface area contributed by atoms with Crippen LogP contribution in [0.4, 0.5) is 4.39 Å². The lowest BCUT2D eigenvalue weighted by Crippen LogP contribution is -2.52. The van der Waals surface area contributed by atoms with Gasteiger partial charge in [0.05, 0.1) is 32.0 Å². The van der Waals surface area contributed by atoms with Crippen LogP contribution in [-0.2, 0) is 32.2 Å². The Morgan fingerprint density at radius 2 is 1.76 bits per heavy atom. The van der Waals surface area contributed by atoms with E-state index in [0.717, 1.165) is 23.3 Å². The van der Waals surface area contributed by atoms with E-state index in [1.54, 1.807) is 19.2 Å². The van der Waals surface area contributed by atoms with Gasteiger partial charge in [-0.25, -0.2) is 4.39 Å². The number of halogens is 1. The monoisotopic (exact) mass is 629 g/mol. The number of amides is 2. The minimum Gasteiger partial charge on any atom is -0.493 e. The maximum absolute atomic E-state index is 13.3. The summed E-state index contributed by atoms with van der Waals surface area (Å²) in [6.07, 6.45) is 3.50. The van der Waals surface area contributed by atoms with E-state index in [4.69, 9.17) is 19.9 Å². The van der Waals surface area contributed by atoms with Crippen molar-refractivity contribution >= 4 is 11.8 Å². The third-order valence-corrected chi connectivity index (χ3v) is 8.48. The summed E-state index contributed by atoms with van der Waals surface area (Å²) in [5.41, 5.74) is 9.22. The van der Waals surface area contributed by atoms with Crippen LogP contribution in [-0.4, -0.2) is 62.0 Å². The fraction of sp³-hybridized carbons (Fsp3) is 0.600. The fourth-order valence-electron chi connectivity index (χ4n) is 5.13. The van der Waals surface area contributed by atoms with Gasteiger partial charge >= 0.3 is 0 Å². The number of hydrogen-bond acceptors (Lipinski definition) is 7. The predicted molar refractivity (Wildman–Crippen MR) is 172 cm³/mol. The van der Waals surface area contributed by atoms with E-state index in [1.807, 2.05) is 32.9 Å². The molecule has 0 aromatic heterocycles. The number of methoxy groups -OCH3 is 1. The van der Waals surface area contributed by atoms with Crippen molar-refractivity contribution in [2.24, 2.45) is 17.6 Å². The molecule has 5 N–H and O–H groups in total. The topological polar surface area (TPSA) is 132 Å². The summed E-state index contributed by atoms with van der Waals surface area (Å²) >= 11 is 0. The van der Waals surface area contributed by atoms with Crippen molar-refractivity contribution in [2.75, 3.05) is 26.9 Å². The van der Waals surface area contributed by atoms with Crippen LogP contribution >= 0.6 is 0 Å². The lowest BCUT2D eigenvalue weighted by atomic mass is 9.92. The molecule has 3 rings (SSSR count). The predicted octanol–water partition coefficient (Wildman–Crippen LogP) is 4.59. The third kappa shape index (κ3) is 12.0. The molecule has 1 aliphatic rings. The van der Waals surface area contributed by atoms with Crippen LogP contribution in [0.2, 0.25) is 0 Å². The van der Waals surface area contributed by atoms with Gasteiger partial charge in [0.2, 0.25) is 11.8 Å². The van der Waals surface area contributed by atoms with E-state index in [1.165, 1.54) is 30.5 Å². The highest BCUT2D eigenvalue weighted by atomic mass is 19.1. The van der Waals surface area contributed by atoms with E-state index in [-0.39, 0.29) is 43.1 Å². The maximum atomic E-state index is 13.3. The molecule has 0 bridgehead atoms. The number of carbonyl (C=O) groups is 2. The van der Waals surface area contributed by atoms with Crippen molar-refractivity contribution in [3.8, 4) is 5.75 Å². The van der Waals surface area contributed by atoms with Crippen molar-refractivity contribution in [3.05, 3.63) is 65.0 Å². The SMILES string of the molecule is CC[C@H](C[C@H](O)[C@@H](N)COCc1ccc(C2CC2)c(OCCCOC)c1)C(=O)N[C@H](C(=O)NCc1ccc(F)cc1)[C@@H](C)CC. The van der Waals surface area contributed by atoms with Gasteiger partial charge in [0.15, 0.2) is 0 Å². The van der Waals surface area contributed by atoms with Gasteiger partial charge in [0.1, 0.15) is 17.6 Å². The summed E-state index contributed by atoms with van der Waals surface area (Å²) in [6.45, 7) is 7.62. The molecule has 2 aromatic carbocycles. The fourth-order valence-corrected chi connectivity index (χ4v) is 5.13. The first-order valence-electron chi connectivity index (χ1n) is 16.2. The number of rotatable bonds is 21. The Morgan fingerprint density at radius 1 is 1.04 bits per heavy atom. The van der Waals surface area contributed by atoms with Crippen LogP contribution in [0.25, 0.3) is 0 Å². The van der Waals surface area contributed by atoms with Crippen molar-refractivity contribution in [2.45, 2.75) is 96.6 Å². The highest BCUT2D eigenvalue weighted by molar-refractivity contribution is 5.88. The number of ether oxygens (including phenoxy) is 3. The molecule has 2 amide bonds. The Morgan fingerprint density at radius 3 is 2.40 bits per heavy atom. The molecule has 1 saturated carbocycles. The highest BCUT2D eigenvalue weighted by Gasteiger charge is 2.31. The summed E-state index contributed by atoms with van der Waals surface area (Å²) in [4.78, 5) is 26.3. The van der Waals surface area contributed by atoms with E-state index in [0.29, 0.717) is 38.6 Å². The van der Waals surface area contributed by atoms with Crippen molar-refractivity contribution in [3.63, 3.8) is 0 Å². The van der Waals surface area contributed by atoms with Crippen LogP contribution in [0.1, 0.15) is 81.9 Å². The molecular formula is C35H52FN3O6. The Balaban J connectivity index is 1.49. The summed E-state index contributed by atoms with van der Waals surface area (Å²) in [7, 11) is 1.68. The first-order valence-corrected chi connectivity index (χ1v) is 16.2. The Bertz CT molecular complexity index is 1190. The molecular weight excluding hydrogens is 577 g/mol. The zero-order chi connectivity index (χ0) is 32.8. The number of hydrogen-bond donors (Lipinski definition) is 4. The van der Waals surface area contributed by atoms with Gasteiger partial charge in [0.25, 0.3) is 0 Å². The van der Waals surface area contributed by atoms with E-state index in [9.17, 15) is 19.1 Å². The molecule has 0 heterocycles. The number of benzene rings is 2. The number of carbonyl (C=O) groups excluding carboxylic acids is 2. The standard InChI is InChI=1S/C35H52FN3O6/c1-5-23(3)33(35(42)38-20-24-8-13-28(36)14-9-24)39-34(41)26(6-2)19-31(40)30(37)22-44-21-25-10-15-29(27-11-12-27)32(18-25)45-17-7-16-43-4/h8-10,13-15,18,23,26-27,30-31,33,40H,5-7,11-12,16-17,19-22,37H2,1-4H3,(H,38,42)(H,39,41)/t23-,26+,30-,31-,33-/m0/s1. The van der Waals surface area contributed by atoms with Gasteiger partial charge in [-0.1, -0.05) is 51.5 Å². The molecule has 9 nitrogen and oxygen atoms in total. The molecule has 5 atom stereocenters. The molecule has 1 aliphatic carbocycles. The normalized spacial score (nSPS) is 16.3. The van der Waals surface area contributed by atoms with Gasteiger partial charge in [-0.2, -0.15) is 0 Å². The largest absolute Gasteiger partial charge is 0.493 e. The number of aliphatic hydroxyl groups excluding tert-OH is 1. The molecule has 0 unspecified atom stereocenters. The number of aliphatic hydroxyl groups is 1. The minimum absolute atomic E-state index is 0.116. The van der Waals surface area contributed by atoms with Gasteiger partial charge in [-0.3, -0.25) is 9.59 Å². The van der Waals surface area contributed by atoms with Gasteiger partial charge in [-0.15, -0.1) is 0 Å². The molecule has 2 aromatic rings. The summed E-state index contributed by atoms with van der Waals surface area (Å²) in [5.74, 6) is -0.167. The molecule has 0 aliphatic heterocycles. The first kappa shape index (κ1) is 36.4. The molecule has 0 radical (unpaired) electrons. The van der Waals surface area contributed by atoms with Crippen LogP contribution in [0.3, 0.4) is 0 Å². The maximum Gasteiger partial charge on any atom is 0.243 e. The number of nitrogens with two attached hydrogens (primary N) is 1. The molecule has 10 heteroatoms. The molecule has 45 heavy (non-hydrogen) atoms. The molecule has 250 valence electrons. The Labute approximate surface area is 267 Å². The van der Waals surface area contributed by atoms with Gasteiger partial charge < -0.3 is 35.7 Å². The summed E-state index contributed by atoms with van der Waals surface area (Å²) in [5, 5.41) is 16.6. The van der Waals surface area contributed by atoms with Crippen LogP contribution < -0.4 is 21.1 Å². The molecule has 1 fully saturated rings. The second-order valence-electron chi connectivity index (χ2n) is 12.1. The van der Waals surface area contributed by atoms with Crippen molar-refractivity contribution < 1.29 is 33.3 Å². The van der Waals surface area contributed by atoms with E-state index >= 15 is 0 Å². The van der Waals surface area contributed by atoms with Crippen LogP contribution in [0.5, 0.6) is 5.75 Å². The van der Waals surface area contributed by atoms with Gasteiger partial charge in [0, 0.05) is 32.6 Å². The van der Waals surface area contributed by atoms with E-state index < -0.39 is 24.1 Å². The Hall–Kier alpha value is -3.05. The van der Waals surface area contributed by atoms with Crippen LogP contribution in [0.15, 0.2) is 42.5 Å². The molecule has 0 saturated heterocycles. The minimum atomic E-state index is -0.966. The highest BCUT2D eigenvalue weighted by Crippen LogP contribution is 2.44. The van der Waals surface area contributed by atoms with Gasteiger partial charge in [-0.05, 0) is 72.4 Å². The summed E-state index contributed by atoms with van der Waals surface area (Å²) < 4.78 is 30.3. The Kier molecular flexibility index (Phi) is 15.2. The van der Waals surface area contributed by atoms with Crippen molar-refractivity contribution in [1.29, 1.82) is 0 Å². The quantitative estimate of drug-likeness (QED) is 0.149. The van der Waals surface area contributed by atoms with E-state index in [2.05, 4.69) is 16.7 Å². The lowest BCUT2D eigenvalue weighted by molar-refractivity contribution is -0.133. The second kappa shape index (κ2) is 18.8. The smallest absolute Gasteiger partial charge is 0.243 e. The van der Waals surface area contributed by atoms with Crippen molar-refractivity contribution in [1.82, 2.24) is 10.6 Å². The average molecular weight is 630 g/mol. The zero-order valence-corrected chi connectivity index (χ0v) is 27.2. The lowest BCUT2D eigenvalue weighted by Gasteiger charge is -2.27.